The van der Waals surface area contributed by atoms with Gasteiger partial charge >= 0.3 is 5.97 Å². The zero-order valence-electron chi connectivity index (χ0n) is 8.16. The van der Waals surface area contributed by atoms with Crippen LogP contribution in [0.3, 0.4) is 0 Å². The minimum absolute atomic E-state index is 0.135. The van der Waals surface area contributed by atoms with Gasteiger partial charge in [0.1, 0.15) is 5.69 Å². The molecule has 0 saturated heterocycles. The molecule has 0 spiro atoms. The Bertz CT molecular complexity index is 326. The summed E-state index contributed by atoms with van der Waals surface area (Å²) < 4.78 is 4.99. The summed E-state index contributed by atoms with van der Waals surface area (Å²) in [4.78, 5) is 15.3. The summed E-state index contributed by atoms with van der Waals surface area (Å²) in [5.74, 6) is -0.0447. The van der Waals surface area contributed by atoms with Crippen LogP contribution in [-0.2, 0) is 10.6 Å². The zero-order chi connectivity index (χ0) is 10.6. The van der Waals surface area contributed by atoms with Crippen molar-refractivity contribution in [1.29, 1.82) is 0 Å². The van der Waals surface area contributed by atoms with Crippen molar-refractivity contribution in [2.24, 2.45) is 0 Å². The van der Waals surface area contributed by atoms with E-state index in [4.69, 9.17) is 16.3 Å². The van der Waals surface area contributed by atoms with Crippen LogP contribution in [0.5, 0.6) is 0 Å². The van der Waals surface area contributed by atoms with E-state index < -0.39 is 5.97 Å². The molecule has 1 heterocycles. The van der Waals surface area contributed by atoms with Gasteiger partial charge in [-0.15, -0.1) is 11.6 Å². The lowest BCUT2D eigenvalue weighted by Gasteiger charge is -2.07. The number of ether oxygens (including phenoxy) is 1. The fourth-order valence-electron chi connectivity index (χ4n) is 0.943. The Kier molecular flexibility index (Phi) is 3.89. The van der Waals surface area contributed by atoms with Crippen LogP contribution in [0.25, 0.3) is 0 Å². The van der Waals surface area contributed by atoms with E-state index >= 15 is 0 Å². The van der Waals surface area contributed by atoms with Crippen molar-refractivity contribution >= 4 is 17.6 Å². The van der Waals surface area contributed by atoms with E-state index in [9.17, 15) is 4.79 Å². The van der Waals surface area contributed by atoms with Crippen LogP contribution in [0.1, 0.15) is 29.9 Å². The van der Waals surface area contributed by atoms with E-state index in [0.29, 0.717) is 11.6 Å². The average Bonchev–Trinajstić information content (AvgIpc) is 2.17. The first-order valence-electron chi connectivity index (χ1n) is 4.35. The molecule has 0 aliphatic heterocycles. The zero-order valence-corrected chi connectivity index (χ0v) is 8.91. The summed E-state index contributed by atoms with van der Waals surface area (Å²) >= 11 is 5.63. The van der Waals surface area contributed by atoms with Crippen LogP contribution in [0.15, 0.2) is 18.3 Å². The van der Waals surface area contributed by atoms with Gasteiger partial charge in [0.05, 0.1) is 6.10 Å². The minimum Gasteiger partial charge on any atom is -0.458 e. The minimum atomic E-state index is -0.410. The van der Waals surface area contributed by atoms with E-state index in [1.807, 2.05) is 0 Å². The van der Waals surface area contributed by atoms with Crippen molar-refractivity contribution in [1.82, 2.24) is 4.98 Å². The standard InChI is InChI=1S/C10H12ClNO2/c1-7(2)14-10(13)9-5-8(6-11)3-4-12-9/h3-5,7H,6H2,1-2H3. The number of alkyl halides is 1. The summed E-state index contributed by atoms with van der Waals surface area (Å²) in [5, 5.41) is 0. The number of hydrogen-bond donors (Lipinski definition) is 0. The molecule has 0 aromatic carbocycles. The third-order valence-corrected chi connectivity index (χ3v) is 1.84. The highest BCUT2D eigenvalue weighted by Gasteiger charge is 2.10. The van der Waals surface area contributed by atoms with Gasteiger partial charge in [-0.05, 0) is 31.5 Å². The molecule has 0 amide bonds. The summed E-state index contributed by atoms with van der Waals surface area (Å²) in [5.41, 5.74) is 1.16. The topological polar surface area (TPSA) is 39.2 Å². The molecule has 0 aliphatic rings. The number of nitrogens with zero attached hydrogens (tertiary/aromatic N) is 1. The lowest BCUT2D eigenvalue weighted by atomic mass is 10.2. The second kappa shape index (κ2) is 4.96. The van der Waals surface area contributed by atoms with Crippen LogP contribution in [-0.4, -0.2) is 17.1 Å². The van der Waals surface area contributed by atoms with E-state index in [1.54, 1.807) is 32.2 Å². The second-order valence-corrected chi connectivity index (χ2v) is 3.40. The van der Waals surface area contributed by atoms with Crippen LogP contribution in [0.4, 0.5) is 0 Å². The van der Waals surface area contributed by atoms with E-state index in [2.05, 4.69) is 4.98 Å². The monoisotopic (exact) mass is 213 g/mol. The third kappa shape index (κ3) is 3.00. The van der Waals surface area contributed by atoms with Crippen molar-refractivity contribution in [2.45, 2.75) is 25.8 Å². The van der Waals surface area contributed by atoms with Gasteiger partial charge in [-0.1, -0.05) is 0 Å². The molecule has 0 N–H and O–H groups in total. The highest BCUT2D eigenvalue weighted by molar-refractivity contribution is 6.17. The molecule has 4 heteroatoms. The van der Waals surface area contributed by atoms with Crippen molar-refractivity contribution in [3.63, 3.8) is 0 Å². The largest absolute Gasteiger partial charge is 0.458 e. The third-order valence-electron chi connectivity index (χ3n) is 1.53. The molecule has 76 valence electrons. The molecule has 0 saturated carbocycles. The number of carbonyl (C=O) groups is 1. The maximum absolute atomic E-state index is 11.4. The number of esters is 1. The summed E-state index contributed by atoms with van der Waals surface area (Å²) in [6.45, 7) is 3.59. The van der Waals surface area contributed by atoms with Gasteiger partial charge in [0.2, 0.25) is 0 Å². The van der Waals surface area contributed by atoms with E-state index in [1.165, 1.54) is 0 Å². The molecule has 1 aromatic rings. The number of halogens is 1. The predicted octanol–water partition coefficient (Wildman–Crippen LogP) is 2.39. The van der Waals surface area contributed by atoms with Crippen molar-refractivity contribution in [3.8, 4) is 0 Å². The maximum Gasteiger partial charge on any atom is 0.357 e. The first-order chi connectivity index (χ1) is 6.63. The SMILES string of the molecule is CC(C)OC(=O)c1cc(CCl)ccn1. The smallest absolute Gasteiger partial charge is 0.357 e. The number of hydrogen-bond acceptors (Lipinski definition) is 3. The highest BCUT2D eigenvalue weighted by atomic mass is 35.5. The molecule has 0 radical (unpaired) electrons. The Hall–Kier alpha value is -1.09. The molecule has 0 atom stereocenters. The van der Waals surface area contributed by atoms with Crippen LogP contribution in [0, 0.1) is 0 Å². The fourth-order valence-corrected chi connectivity index (χ4v) is 1.11. The van der Waals surface area contributed by atoms with Crippen LogP contribution < -0.4 is 0 Å². The Labute approximate surface area is 88.1 Å². The number of carbonyl (C=O) groups excluding carboxylic acids is 1. The van der Waals surface area contributed by atoms with Gasteiger partial charge in [-0.25, -0.2) is 9.78 Å². The summed E-state index contributed by atoms with van der Waals surface area (Å²) in [6, 6.07) is 3.40. The van der Waals surface area contributed by atoms with Crippen LogP contribution in [0.2, 0.25) is 0 Å². The Morgan fingerprint density at radius 3 is 2.93 bits per heavy atom. The number of pyridine rings is 1. The quantitative estimate of drug-likeness (QED) is 0.572. The Balaban J connectivity index is 2.79. The van der Waals surface area contributed by atoms with E-state index in [0.717, 1.165) is 5.56 Å². The predicted molar refractivity (Wildman–Crippen MR) is 54.3 cm³/mol. The molecular weight excluding hydrogens is 202 g/mol. The Morgan fingerprint density at radius 1 is 1.64 bits per heavy atom. The second-order valence-electron chi connectivity index (χ2n) is 3.14. The Morgan fingerprint density at radius 2 is 2.36 bits per heavy atom. The molecule has 14 heavy (non-hydrogen) atoms. The molecule has 0 unspecified atom stereocenters. The summed E-state index contributed by atoms with van der Waals surface area (Å²) in [6.07, 6.45) is 1.42. The molecular formula is C10H12ClNO2. The van der Waals surface area contributed by atoms with Crippen molar-refractivity contribution in [2.75, 3.05) is 0 Å². The molecule has 0 bridgehead atoms. The average molecular weight is 214 g/mol. The van der Waals surface area contributed by atoms with E-state index in [-0.39, 0.29) is 6.10 Å². The summed E-state index contributed by atoms with van der Waals surface area (Å²) in [7, 11) is 0. The lowest BCUT2D eigenvalue weighted by molar-refractivity contribution is 0.0371. The van der Waals surface area contributed by atoms with Gasteiger partial charge in [0.25, 0.3) is 0 Å². The molecule has 1 rings (SSSR count). The van der Waals surface area contributed by atoms with Crippen molar-refractivity contribution in [3.05, 3.63) is 29.6 Å². The normalized spacial score (nSPS) is 10.3. The molecule has 0 aliphatic carbocycles. The lowest BCUT2D eigenvalue weighted by Crippen LogP contribution is -2.13. The van der Waals surface area contributed by atoms with Gasteiger partial charge in [-0.3, -0.25) is 0 Å². The fraction of sp³-hybridized carbons (Fsp3) is 0.400. The highest BCUT2D eigenvalue weighted by Crippen LogP contribution is 2.07. The number of rotatable bonds is 3. The van der Waals surface area contributed by atoms with Gasteiger partial charge in [0.15, 0.2) is 0 Å². The van der Waals surface area contributed by atoms with Crippen LogP contribution >= 0.6 is 11.6 Å². The molecule has 3 nitrogen and oxygen atoms in total. The molecule has 1 aromatic heterocycles. The molecule has 0 fully saturated rings. The van der Waals surface area contributed by atoms with Gasteiger partial charge in [-0.2, -0.15) is 0 Å². The van der Waals surface area contributed by atoms with Gasteiger partial charge < -0.3 is 4.74 Å². The van der Waals surface area contributed by atoms with Gasteiger partial charge in [0, 0.05) is 12.1 Å². The first kappa shape index (κ1) is 11.0. The maximum atomic E-state index is 11.4. The number of aromatic nitrogens is 1. The first-order valence-corrected chi connectivity index (χ1v) is 4.89. The van der Waals surface area contributed by atoms with Crippen molar-refractivity contribution < 1.29 is 9.53 Å².